The van der Waals surface area contributed by atoms with E-state index in [1.54, 1.807) is 22.5 Å². The van der Waals surface area contributed by atoms with Gasteiger partial charge in [0.25, 0.3) is 0 Å². The minimum atomic E-state index is -3.54. The van der Waals surface area contributed by atoms with Crippen LogP contribution in [0.15, 0.2) is 44.1 Å². The van der Waals surface area contributed by atoms with Crippen LogP contribution in [0.2, 0.25) is 0 Å². The maximum Gasteiger partial charge on any atom is 0.303 e. The van der Waals surface area contributed by atoms with Crippen molar-refractivity contribution in [1.29, 1.82) is 0 Å². The Labute approximate surface area is 186 Å². The van der Waals surface area contributed by atoms with Crippen molar-refractivity contribution in [1.82, 2.24) is 9.21 Å². The molecule has 2 heterocycles. The van der Waals surface area contributed by atoms with Crippen LogP contribution in [-0.2, 0) is 39.1 Å². The van der Waals surface area contributed by atoms with Gasteiger partial charge in [-0.3, -0.25) is 9.69 Å². The van der Waals surface area contributed by atoms with Crippen LogP contribution in [0, 0.1) is 0 Å². The van der Waals surface area contributed by atoms with E-state index in [0.29, 0.717) is 43.3 Å². The zero-order valence-electron chi connectivity index (χ0n) is 17.3. The summed E-state index contributed by atoms with van der Waals surface area (Å²) in [4.78, 5) is 13.5. The van der Waals surface area contributed by atoms with Crippen molar-refractivity contribution >= 4 is 31.9 Å². The average molecular weight is 499 g/mol. The zero-order chi connectivity index (χ0) is 21.7. The maximum absolute atomic E-state index is 13.3. The first-order valence-corrected chi connectivity index (χ1v) is 12.2. The van der Waals surface area contributed by atoms with E-state index in [2.05, 4.69) is 20.8 Å². The predicted octanol–water partition coefficient (Wildman–Crippen LogP) is 3.56. The molecule has 0 unspecified atom stereocenters. The molecular weight excluding hydrogens is 472 g/mol. The van der Waals surface area contributed by atoms with E-state index in [9.17, 15) is 13.2 Å². The lowest BCUT2D eigenvalue weighted by Gasteiger charge is -2.22. The smallest absolute Gasteiger partial charge is 0.303 e. The fourth-order valence-corrected chi connectivity index (χ4v) is 5.69. The van der Waals surface area contributed by atoms with Crippen molar-refractivity contribution in [2.45, 2.75) is 44.7 Å². The Morgan fingerprint density at radius 2 is 1.90 bits per heavy atom. The van der Waals surface area contributed by atoms with Crippen LogP contribution in [0.5, 0.6) is 0 Å². The molecule has 1 aromatic heterocycles. The highest BCUT2D eigenvalue weighted by molar-refractivity contribution is 9.10. The van der Waals surface area contributed by atoms with Gasteiger partial charge in [-0.15, -0.1) is 0 Å². The third kappa shape index (κ3) is 5.72. The summed E-state index contributed by atoms with van der Waals surface area (Å²) < 4.78 is 39.7. The van der Waals surface area contributed by atoms with Crippen molar-refractivity contribution in [2.24, 2.45) is 0 Å². The minimum Gasteiger partial charge on any atom is -0.461 e. The number of carbonyl (C=O) groups is 1. The van der Waals surface area contributed by atoms with Gasteiger partial charge in [-0.2, -0.15) is 4.31 Å². The lowest BCUT2D eigenvalue weighted by atomic mass is 10.2. The second-order valence-corrected chi connectivity index (χ2v) is 10.1. The van der Waals surface area contributed by atoms with Crippen molar-refractivity contribution in [2.75, 3.05) is 26.2 Å². The number of esters is 1. The fourth-order valence-electron chi connectivity index (χ4n) is 3.54. The predicted molar refractivity (Wildman–Crippen MR) is 116 cm³/mol. The molecule has 1 aliphatic heterocycles. The molecule has 30 heavy (non-hydrogen) atoms. The molecule has 0 N–H and O–H groups in total. The van der Waals surface area contributed by atoms with Gasteiger partial charge in [0.2, 0.25) is 10.0 Å². The molecule has 0 radical (unpaired) electrons. The highest BCUT2D eigenvalue weighted by Gasteiger charge is 2.28. The topological polar surface area (TPSA) is 80.1 Å². The van der Waals surface area contributed by atoms with Crippen molar-refractivity contribution in [3.05, 3.63) is 51.9 Å². The van der Waals surface area contributed by atoms with E-state index in [0.717, 1.165) is 28.8 Å². The number of rotatable bonds is 7. The molecule has 0 saturated carbocycles. The van der Waals surface area contributed by atoms with E-state index in [4.69, 9.17) is 9.15 Å². The molecule has 0 amide bonds. The van der Waals surface area contributed by atoms with E-state index in [1.165, 1.54) is 6.92 Å². The molecule has 0 aliphatic carbocycles. The molecule has 3 rings (SSSR count). The molecular formula is C21H27BrN2O5S. The molecule has 0 bridgehead atoms. The molecule has 164 valence electrons. The molecule has 1 saturated heterocycles. The van der Waals surface area contributed by atoms with Crippen molar-refractivity contribution in [3.63, 3.8) is 0 Å². The molecule has 0 spiro atoms. The number of nitrogens with zero attached hydrogens (tertiary/aromatic N) is 2. The Morgan fingerprint density at radius 3 is 2.63 bits per heavy atom. The first kappa shape index (κ1) is 23.0. The summed E-state index contributed by atoms with van der Waals surface area (Å²) in [5, 5.41) is 0. The minimum absolute atomic E-state index is 0.119. The Morgan fingerprint density at radius 1 is 1.13 bits per heavy atom. The first-order chi connectivity index (χ1) is 14.3. The van der Waals surface area contributed by atoms with Crippen LogP contribution in [0.25, 0.3) is 0 Å². The van der Waals surface area contributed by atoms with Gasteiger partial charge in [-0.25, -0.2) is 8.42 Å². The maximum atomic E-state index is 13.3. The number of aryl methyl sites for hydroxylation is 1. The SMILES string of the molecule is CCc1cc(Br)ccc1S(=O)(=O)N1CCCN(Cc2ccc(COC(C)=O)o2)CC1. The number of hydrogen-bond acceptors (Lipinski definition) is 6. The number of furan rings is 1. The number of halogens is 1. The Bertz CT molecular complexity index is 989. The van der Waals surface area contributed by atoms with Gasteiger partial charge >= 0.3 is 5.97 Å². The Kier molecular flexibility index (Phi) is 7.73. The number of sulfonamides is 1. The van der Waals surface area contributed by atoms with E-state index >= 15 is 0 Å². The number of hydrogen-bond donors (Lipinski definition) is 0. The molecule has 7 nitrogen and oxygen atoms in total. The molecule has 1 fully saturated rings. The van der Waals surface area contributed by atoms with E-state index in [1.807, 2.05) is 19.1 Å². The summed E-state index contributed by atoms with van der Waals surface area (Å²) in [6.07, 6.45) is 1.40. The monoisotopic (exact) mass is 498 g/mol. The van der Waals surface area contributed by atoms with Crippen LogP contribution in [0.1, 0.15) is 37.4 Å². The number of ether oxygens (including phenoxy) is 1. The van der Waals surface area contributed by atoms with E-state index in [-0.39, 0.29) is 12.6 Å². The van der Waals surface area contributed by atoms with E-state index < -0.39 is 10.0 Å². The molecule has 2 aromatic rings. The Balaban J connectivity index is 1.64. The molecule has 0 atom stereocenters. The normalized spacial score (nSPS) is 16.4. The third-order valence-electron chi connectivity index (χ3n) is 5.08. The second-order valence-electron chi connectivity index (χ2n) is 7.29. The summed E-state index contributed by atoms with van der Waals surface area (Å²) in [5.41, 5.74) is 0.821. The molecule has 1 aliphatic rings. The van der Waals surface area contributed by atoms with Crippen LogP contribution < -0.4 is 0 Å². The highest BCUT2D eigenvalue weighted by atomic mass is 79.9. The van der Waals surface area contributed by atoms with Crippen LogP contribution in [0.4, 0.5) is 0 Å². The second kappa shape index (κ2) is 10.1. The summed E-state index contributed by atoms with van der Waals surface area (Å²) in [6.45, 7) is 6.37. The number of carbonyl (C=O) groups excluding carboxylic acids is 1. The summed E-state index contributed by atoms with van der Waals surface area (Å²) >= 11 is 3.42. The molecule has 1 aromatic carbocycles. The molecule has 9 heteroatoms. The number of benzene rings is 1. The van der Waals surface area contributed by atoms with Gasteiger partial charge in [-0.05, 0) is 55.3 Å². The third-order valence-corrected chi connectivity index (χ3v) is 7.58. The lowest BCUT2D eigenvalue weighted by Crippen LogP contribution is -2.35. The quantitative estimate of drug-likeness (QED) is 0.542. The van der Waals surface area contributed by atoms with Gasteiger partial charge in [0.15, 0.2) is 0 Å². The van der Waals surface area contributed by atoms with Crippen molar-refractivity contribution < 1.29 is 22.4 Å². The standard InChI is InChI=1S/C21H27BrN2O5S/c1-3-17-13-18(22)5-8-21(17)30(26,27)24-10-4-9-23(11-12-24)14-19-6-7-20(29-19)15-28-16(2)25/h5-8,13H,3-4,9-12,14-15H2,1-2H3. The zero-order valence-corrected chi connectivity index (χ0v) is 19.7. The van der Waals surface area contributed by atoms with Gasteiger partial charge in [0.1, 0.15) is 18.1 Å². The summed E-state index contributed by atoms with van der Waals surface area (Å²) in [5.74, 6) is 1.02. The van der Waals surface area contributed by atoms with Gasteiger partial charge in [-0.1, -0.05) is 22.9 Å². The lowest BCUT2D eigenvalue weighted by molar-refractivity contribution is -0.142. The first-order valence-electron chi connectivity index (χ1n) is 10.0. The van der Waals surface area contributed by atoms with Crippen LogP contribution in [-0.4, -0.2) is 49.8 Å². The Hall–Kier alpha value is -1.68. The highest BCUT2D eigenvalue weighted by Crippen LogP contribution is 2.25. The van der Waals surface area contributed by atoms with Crippen LogP contribution in [0.3, 0.4) is 0 Å². The van der Waals surface area contributed by atoms with Crippen LogP contribution >= 0.6 is 15.9 Å². The average Bonchev–Trinajstić information content (AvgIpc) is 3.01. The van der Waals surface area contributed by atoms with Crippen molar-refractivity contribution in [3.8, 4) is 0 Å². The summed E-state index contributed by atoms with van der Waals surface area (Å²) in [7, 11) is -3.54. The van der Waals surface area contributed by atoms with Gasteiger partial charge in [0.05, 0.1) is 11.4 Å². The largest absolute Gasteiger partial charge is 0.461 e. The fraction of sp³-hybridized carbons (Fsp3) is 0.476. The summed E-state index contributed by atoms with van der Waals surface area (Å²) in [6, 6.07) is 9.01. The van der Waals surface area contributed by atoms with Gasteiger partial charge in [0, 0.05) is 31.0 Å². The van der Waals surface area contributed by atoms with Gasteiger partial charge < -0.3 is 9.15 Å².